The average molecular weight is 286 g/mol. The number of alkyl halides is 3. The molecule has 0 aliphatic heterocycles. The molecule has 1 N–H and O–H groups in total. The van der Waals surface area contributed by atoms with Crippen LogP contribution >= 0.6 is 0 Å². The first kappa shape index (κ1) is 14.0. The van der Waals surface area contributed by atoms with Crippen LogP contribution in [0, 0.1) is 0 Å². The Hall–Kier alpha value is -2.45. The Bertz CT molecular complexity index is 583. The SMILES string of the molecule is O=C(Cc1nc(-c2cccnc2)no1)NCC(F)(F)F. The molecule has 0 saturated heterocycles. The number of rotatable bonds is 4. The number of amides is 1. The van der Waals surface area contributed by atoms with Crippen molar-refractivity contribution in [3.63, 3.8) is 0 Å². The van der Waals surface area contributed by atoms with E-state index in [-0.39, 0.29) is 11.7 Å². The molecule has 20 heavy (non-hydrogen) atoms. The zero-order chi connectivity index (χ0) is 14.6. The molecule has 0 aliphatic carbocycles. The third kappa shape index (κ3) is 4.04. The maximum absolute atomic E-state index is 11.9. The zero-order valence-corrected chi connectivity index (χ0v) is 10.0. The molecule has 2 aromatic heterocycles. The Labute approximate surface area is 111 Å². The highest BCUT2D eigenvalue weighted by Gasteiger charge is 2.28. The van der Waals surface area contributed by atoms with Gasteiger partial charge in [0.15, 0.2) is 0 Å². The number of nitrogens with zero attached hydrogens (tertiary/aromatic N) is 3. The predicted molar refractivity (Wildman–Crippen MR) is 60.3 cm³/mol. The van der Waals surface area contributed by atoms with Crippen LogP contribution in [0.15, 0.2) is 29.0 Å². The lowest BCUT2D eigenvalue weighted by molar-refractivity contribution is -0.138. The smallest absolute Gasteiger partial charge is 0.347 e. The molecule has 6 nitrogen and oxygen atoms in total. The van der Waals surface area contributed by atoms with Crippen molar-refractivity contribution in [1.29, 1.82) is 0 Å². The van der Waals surface area contributed by atoms with E-state index < -0.39 is 25.0 Å². The van der Waals surface area contributed by atoms with Crippen LogP contribution in [0.4, 0.5) is 13.2 Å². The Morgan fingerprint density at radius 2 is 2.20 bits per heavy atom. The van der Waals surface area contributed by atoms with Crippen molar-refractivity contribution >= 4 is 5.91 Å². The summed E-state index contributed by atoms with van der Waals surface area (Å²) in [7, 11) is 0. The van der Waals surface area contributed by atoms with E-state index in [2.05, 4.69) is 15.1 Å². The highest BCUT2D eigenvalue weighted by atomic mass is 19.4. The van der Waals surface area contributed by atoms with Crippen LogP contribution in [0.1, 0.15) is 5.89 Å². The summed E-state index contributed by atoms with van der Waals surface area (Å²) in [5.74, 6) is -0.691. The third-order valence-corrected chi connectivity index (χ3v) is 2.19. The predicted octanol–water partition coefficient (Wildman–Crippen LogP) is 1.35. The molecule has 1 amide bonds. The molecule has 0 unspecified atom stereocenters. The molecule has 2 rings (SSSR count). The van der Waals surface area contributed by atoms with Gasteiger partial charge in [-0.1, -0.05) is 5.16 Å². The van der Waals surface area contributed by atoms with Crippen LogP contribution in [0.2, 0.25) is 0 Å². The molecule has 106 valence electrons. The van der Waals surface area contributed by atoms with Gasteiger partial charge in [-0.05, 0) is 12.1 Å². The lowest BCUT2D eigenvalue weighted by Gasteiger charge is -2.06. The molecule has 2 heterocycles. The van der Waals surface area contributed by atoms with Crippen LogP contribution in [0.5, 0.6) is 0 Å². The Balaban J connectivity index is 1.95. The standard InChI is InChI=1S/C11H9F3N4O2/c12-11(13,14)6-16-8(19)4-9-17-10(18-20-9)7-2-1-3-15-5-7/h1-3,5H,4,6H2,(H,16,19). The largest absolute Gasteiger partial charge is 0.405 e. The second-order valence-corrected chi connectivity index (χ2v) is 3.82. The van der Waals surface area contributed by atoms with E-state index in [9.17, 15) is 18.0 Å². The molecule has 0 aromatic carbocycles. The molecule has 0 spiro atoms. The number of hydrogen-bond donors (Lipinski definition) is 1. The molecule has 0 fully saturated rings. The fraction of sp³-hybridized carbons (Fsp3) is 0.273. The van der Waals surface area contributed by atoms with Gasteiger partial charge in [0, 0.05) is 18.0 Å². The normalized spacial score (nSPS) is 11.3. The van der Waals surface area contributed by atoms with Crippen molar-refractivity contribution in [2.45, 2.75) is 12.6 Å². The second-order valence-electron chi connectivity index (χ2n) is 3.82. The Morgan fingerprint density at radius 3 is 2.85 bits per heavy atom. The number of halogens is 3. The monoisotopic (exact) mass is 286 g/mol. The van der Waals surface area contributed by atoms with Crippen molar-refractivity contribution in [3.05, 3.63) is 30.4 Å². The Morgan fingerprint density at radius 1 is 1.40 bits per heavy atom. The maximum Gasteiger partial charge on any atom is 0.405 e. The van der Waals surface area contributed by atoms with Crippen molar-refractivity contribution < 1.29 is 22.5 Å². The second kappa shape index (κ2) is 5.68. The molecule has 0 saturated carbocycles. The maximum atomic E-state index is 11.9. The number of carbonyl (C=O) groups is 1. The molecule has 0 atom stereocenters. The average Bonchev–Trinajstić information content (AvgIpc) is 2.85. The van der Waals surface area contributed by atoms with Gasteiger partial charge < -0.3 is 9.84 Å². The lowest BCUT2D eigenvalue weighted by atomic mass is 10.3. The van der Waals surface area contributed by atoms with Crippen molar-refractivity contribution in [2.24, 2.45) is 0 Å². The first-order valence-electron chi connectivity index (χ1n) is 5.50. The van der Waals surface area contributed by atoms with E-state index in [0.29, 0.717) is 5.56 Å². The van der Waals surface area contributed by atoms with Gasteiger partial charge in [-0.2, -0.15) is 18.2 Å². The minimum absolute atomic E-state index is 0.0662. The van der Waals surface area contributed by atoms with Gasteiger partial charge >= 0.3 is 6.18 Å². The van der Waals surface area contributed by atoms with E-state index in [1.54, 1.807) is 23.6 Å². The summed E-state index contributed by atoms with van der Waals surface area (Å²) in [6, 6.07) is 3.35. The highest BCUT2D eigenvalue weighted by molar-refractivity contribution is 5.77. The molecule has 0 aliphatic rings. The number of nitrogens with one attached hydrogen (secondary N) is 1. The van der Waals surface area contributed by atoms with E-state index in [4.69, 9.17) is 4.52 Å². The van der Waals surface area contributed by atoms with E-state index in [1.807, 2.05) is 0 Å². The van der Waals surface area contributed by atoms with Crippen molar-refractivity contribution in [2.75, 3.05) is 6.54 Å². The van der Waals surface area contributed by atoms with Gasteiger partial charge in [-0.25, -0.2) is 0 Å². The summed E-state index contributed by atoms with van der Waals surface area (Å²) < 4.78 is 40.5. The minimum Gasteiger partial charge on any atom is -0.347 e. The van der Waals surface area contributed by atoms with Gasteiger partial charge in [0.2, 0.25) is 17.6 Å². The van der Waals surface area contributed by atoms with Gasteiger partial charge in [0.25, 0.3) is 0 Å². The lowest BCUT2D eigenvalue weighted by Crippen LogP contribution is -2.34. The van der Waals surface area contributed by atoms with E-state index >= 15 is 0 Å². The topological polar surface area (TPSA) is 80.9 Å². The van der Waals surface area contributed by atoms with Crippen LogP contribution in [0.25, 0.3) is 11.4 Å². The van der Waals surface area contributed by atoms with Crippen molar-refractivity contribution in [1.82, 2.24) is 20.4 Å². The van der Waals surface area contributed by atoms with Crippen molar-refractivity contribution in [3.8, 4) is 11.4 Å². The zero-order valence-electron chi connectivity index (χ0n) is 10.0. The molecule has 0 bridgehead atoms. The van der Waals surface area contributed by atoms with E-state index in [1.165, 1.54) is 6.20 Å². The molecule has 2 aromatic rings. The van der Waals surface area contributed by atoms with Crippen LogP contribution < -0.4 is 5.32 Å². The Kier molecular flexibility index (Phi) is 3.97. The summed E-state index contributed by atoms with van der Waals surface area (Å²) in [5.41, 5.74) is 0.582. The highest BCUT2D eigenvalue weighted by Crippen LogP contribution is 2.14. The first-order valence-corrected chi connectivity index (χ1v) is 5.50. The summed E-state index contributed by atoms with van der Waals surface area (Å²) >= 11 is 0. The number of carbonyl (C=O) groups excluding carboxylic acids is 1. The summed E-state index contributed by atoms with van der Waals surface area (Å²) in [6.07, 6.45) is -1.80. The fourth-order valence-electron chi connectivity index (χ4n) is 1.34. The van der Waals surface area contributed by atoms with Gasteiger partial charge in [-0.15, -0.1) is 0 Å². The van der Waals surface area contributed by atoms with Gasteiger partial charge in [0.05, 0.1) is 0 Å². The summed E-state index contributed by atoms with van der Waals surface area (Å²) in [6.45, 7) is -1.39. The molecule has 0 radical (unpaired) electrons. The van der Waals surface area contributed by atoms with Crippen LogP contribution in [-0.4, -0.2) is 33.8 Å². The minimum atomic E-state index is -4.45. The summed E-state index contributed by atoms with van der Waals surface area (Å²) in [5, 5.41) is 5.34. The molecular formula is C11H9F3N4O2. The molecular weight excluding hydrogens is 277 g/mol. The quantitative estimate of drug-likeness (QED) is 0.917. The molecule has 9 heteroatoms. The van der Waals surface area contributed by atoms with Crippen LogP contribution in [-0.2, 0) is 11.2 Å². The van der Waals surface area contributed by atoms with Crippen LogP contribution in [0.3, 0.4) is 0 Å². The van der Waals surface area contributed by atoms with Gasteiger partial charge in [-0.3, -0.25) is 9.78 Å². The first-order chi connectivity index (χ1) is 9.44. The summed E-state index contributed by atoms with van der Waals surface area (Å²) in [4.78, 5) is 19.0. The van der Waals surface area contributed by atoms with Gasteiger partial charge in [0.1, 0.15) is 13.0 Å². The fourth-order valence-corrected chi connectivity index (χ4v) is 1.34. The van der Waals surface area contributed by atoms with E-state index in [0.717, 1.165) is 0 Å². The number of hydrogen-bond acceptors (Lipinski definition) is 5. The number of pyridine rings is 1. The number of aromatic nitrogens is 3. The third-order valence-electron chi connectivity index (χ3n) is 2.19.